The summed E-state index contributed by atoms with van der Waals surface area (Å²) >= 11 is 4.98. The van der Waals surface area contributed by atoms with E-state index in [1.807, 2.05) is 13.0 Å². The van der Waals surface area contributed by atoms with Crippen molar-refractivity contribution in [1.82, 2.24) is 9.97 Å². The first-order valence-electron chi connectivity index (χ1n) is 4.73. The molecule has 2 heterocycles. The van der Waals surface area contributed by atoms with Crippen LogP contribution < -0.4 is 5.56 Å². The van der Waals surface area contributed by atoms with Crippen molar-refractivity contribution in [3.8, 4) is 0 Å². The molecule has 1 aromatic carbocycles. The summed E-state index contributed by atoms with van der Waals surface area (Å²) in [6.45, 7) is 2.03. The molecular weight excluding hydrogens is 288 g/mol. The SMILES string of the molecule is Cc1cc2sc3c(=O)[nH]cnc3c2cc1Br. The van der Waals surface area contributed by atoms with Gasteiger partial charge in [-0.1, -0.05) is 15.9 Å². The molecule has 5 heteroatoms. The number of benzene rings is 1. The molecule has 0 fully saturated rings. The highest BCUT2D eigenvalue weighted by Crippen LogP contribution is 2.33. The van der Waals surface area contributed by atoms with Gasteiger partial charge in [0.2, 0.25) is 0 Å². The van der Waals surface area contributed by atoms with Crippen molar-refractivity contribution in [3.63, 3.8) is 0 Å². The van der Waals surface area contributed by atoms with Crippen LogP contribution in [-0.4, -0.2) is 9.97 Å². The first-order valence-corrected chi connectivity index (χ1v) is 6.34. The first kappa shape index (κ1) is 9.99. The van der Waals surface area contributed by atoms with Crippen LogP contribution >= 0.6 is 27.3 Å². The standard InChI is InChI=1S/C11H7BrN2OS/c1-5-2-8-6(3-7(5)12)9-10(16-8)11(15)14-4-13-9/h2-4H,1H3,(H,13,14,15). The number of fused-ring (bicyclic) bond motifs is 3. The normalized spacial score (nSPS) is 11.4. The highest BCUT2D eigenvalue weighted by atomic mass is 79.9. The molecule has 0 aliphatic rings. The van der Waals surface area contributed by atoms with Crippen LogP contribution in [0.3, 0.4) is 0 Å². The van der Waals surface area contributed by atoms with E-state index in [9.17, 15) is 4.79 Å². The van der Waals surface area contributed by atoms with Crippen LogP contribution in [0.25, 0.3) is 20.3 Å². The molecule has 16 heavy (non-hydrogen) atoms. The molecule has 0 saturated carbocycles. The van der Waals surface area contributed by atoms with Gasteiger partial charge >= 0.3 is 0 Å². The van der Waals surface area contributed by atoms with Crippen LogP contribution in [0.5, 0.6) is 0 Å². The Morgan fingerprint density at radius 1 is 1.44 bits per heavy atom. The molecule has 3 rings (SSSR count). The zero-order chi connectivity index (χ0) is 11.3. The third kappa shape index (κ3) is 1.32. The molecule has 80 valence electrons. The van der Waals surface area contributed by atoms with E-state index in [2.05, 4.69) is 32.0 Å². The van der Waals surface area contributed by atoms with E-state index >= 15 is 0 Å². The van der Waals surface area contributed by atoms with Gasteiger partial charge in [-0.2, -0.15) is 0 Å². The summed E-state index contributed by atoms with van der Waals surface area (Å²) < 4.78 is 2.83. The van der Waals surface area contributed by atoms with Crippen molar-refractivity contribution in [2.24, 2.45) is 0 Å². The molecule has 0 saturated heterocycles. The number of aromatic amines is 1. The van der Waals surface area contributed by atoms with Crippen molar-refractivity contribution in [3.05, 3.63) is 38.9 Å². The van der Waals surface area contributed by atoms with Crippen LogP contribution in [0, 0.1) is 6.92 Å². The molecule has 0 aliphatic carbocycles. The lowest BCUT2D eigenvalue weighted by Gasteiger charge is -1.97. The van der Waals surface area contributed by atoms with Crippen molar-refractivity contribution in [2.75, 3.05) is 0 Å². The van der Waals surface area contributed by atoms with E-state index in [0.717, 1.165) is 25.6 Å². The van der Waals surface area contributed by atoms with Crippen LogP contribution in [0.2, 0.25) is 0 Å². The lowest BCUT2D eigenvalue weighted by molar-refractivity contribution is 1.18. The molecule has 0 unspecified atom stereocenters. The second-order valence-electron chi connectivity index (χ2n) is 3.61. The topological polar surface area (TPSA) is 45.8 Å². The third-order valence-corrected chi connectivity index (χ3v) is 4.53. The Labute approximate surface area is 103 Å². The number of hydrogen-bond acceptors (Lipinski definition) is 3. The van der Waals surface area contributed by atoms with Gasteiger partial charge in [0, 0.05) is 14.6 Å². The molecule has 0 spiro atoms. The predicted molar refractivity (Wildman–Crippen MR) is 70.2 cm³/mol. The Bertz CT molecular complexity index is 760. The average Bonchev–Trinajstić information content (AvgIpc) is 2.59. The highest BCUT2D eigenvalue weighted by Gasteiger charge is 2.10. The van der Waals surface area contributed by atoms with E-state index in [-0.39, 0.29) is 5.56 Å². The average molecular weight is 295 g/mol. The minimum Gasteiger partial charge on any atom is -0.312 e. The second-order valence-corrected chi connectivity index (χ2v) is 5.52. The summed E-state index contributed by atoms with van der Waals surface area (Å²) in [7, 11) is 0. The summed E-state index contributed by atoms with van der Waals surface area (Å²) in [5, 5.41) is 1.03. The van der Waals surface area contributed by atoms with Crippen molar-refractivity contribution < 1.29 is 0 Å². The monoisotopic (exact) mass is 294 g/mol. The van der Waals surface area contributed by atoms with Crippen LogP contribution in [-0.2, 0) is 0 Å². The van der Waals surface area contributed by atoms with Crippen LogP contribution in [0.15, 0.2) is 27.7 Å². The minimum atomic E-state index is -0.0695. The van der Waals surface area contributed by atoms with Gasteiger partial charge in [0.15, 0.2) is 0 Å². The Morgan fingerprint density at radius 2 is 2.25 bits per heavy atom. The van der Waals surface area contributed by atoms with Gasteiger partial charge in [0.1, 0.15) is 4.70 Å². The number of thiophene rings is 1. The predicted octanol–water partition coefficient (Wildman–Crippen LogP) is 3.21. The molecule has 1 N–H and O–H groups in total. The lowest BCUT2D eigenvalue weighted by Crippen LogP contribution is -2.03. The Morgan fingerprint density at radius 3 is 3.06 bits per heavy atom. The fourth-order valence-electron chi connectivity index (χ4n) is 1.71. The molecule has 0 amide bonds. The lowest BCUT2D eigenvalue weighted by atomic mass is 10.2. The van der Waals surface area contributed by atoms with Crippen molar-refractivity contribution in [2.45, 2.75) is 6.92 Å². The fraction of sp³-hybridized carbons (Fsp3) is 0.0909. The van der Waals surface area contributed by atoms with Gasteiger partial charge in [-0.25, -0.2) is 4.98 Å². The highest BCUT2D eigenvalue weighted by molar-refractivity contribution is 9.10. The van der Waals surface area contributed by atoms with Gasteiger partial charge in [0.05, 0.1) is 11.8 Å². The quantitative estimate of drug-likeness (QED) is 0.692. The zero-order valence-electron chi connectivity index (χ0n) is 8.37. The Balaban J connectivity index is 2.61. The molecule has 2 aromatic heterocycles. The van der Waals surface area contributed by atoms with E-state index in [1.165, 1.54) is 17.7 Å². The smallest absolute Gasteiger partial charge is 0.268 e. The minimum absolute atomic E-state index is 0.0695. The summed E-state index contributed by atoms with van der Waals surface area (Å²) in [6.07, 6.45) is 1.45. The molecule has 0 bridgehead atoms. The number of nitrogens with zero attached hydrogens (tertiary/aromatic N) is 1. The maximum absolute atomic E-state index is 11.6. The third-order valence-electron chi connectivity index (χ3n) is 2.54. The summed E-state index contributed by atoms with van der Waals surface area (Å²) in [5.74, 6) is 0. The first-order chi connectivity index (χ1) is 7.66. The van der Waals surface area contributed by atoms with E-state index in [0.29, 0.717) is 4.70 Å². The van der Waals surface area contributed by atoms with Gasteiger partial charge in [-0.05, 0) is 24.6 Å². The number of nitrogens with one attached hydrogen (secondary N) is 1. The molecule has 0 aliphatic heterocycles. The summed E-state index contributed by atoms with van der Waals surface area (Å²) in [5.41, 5.74) is 1.87. The van der Waals surface area contributed by atoms with Crippen molar-refractivity contribution >= 4 is 47.6 Å². The van der Waals surface area contributed by atoms with Gasteiger partial charge in [-0.15, -0.1) is 11.3 Å². The molecule has 3 aromatic rings. The number of aryl methyl sites for hydroxylation is 1. The largest absolute Gasteiger partial charge is 0.312 e. The van der Waals surface area contributed by atoms with Crippen molar-refractivity contribution in [1.29, 1.82) is 0 Å². The number of H-pyrrole nitrogens is 1. The fourth-order valence-corrected chi connectivity index (χ4v) is 3.18. The number of hydrogen-bond donors (Lipinski definition) is 1. The molecule has 0 atom stereocenters. The zero-order valence-corrected chi connectivity index (χ0v) is 10.8. The maximum Gasteiger partial charge on any atom is 0.268 e. The second kappa shape index (κ2) is 3.40. The Hall–Kier alpha value is -1.20. The number of rotatable bonds is 0. The summed E-state index contributed by atoms with van der Waals surface area (Å²) in [6, 6.07) is 4.10. The van der Waals surface area contributed by atoms with Crippen LogP contribution in [0.1, 0.15) is 5.56 Å². The summed E-state index contributed by atoms with van der Waals surface area (Å²) in [4.78, 5) is 18.5. The Kier molecular flexibility index (Phi) is 2.12. The van der Waals surface area contributed by atoms with Crippen LogP contribution in [0.4, 0.5) is 0 Å². The molecule has 0 radical (unpaired) electrons. The van der Waals surface area contributed by atoms with E-state index in [1.54, 1.807) is 0 Å². The maximum atomic E-state index is 11.6. The number of halogens is 1. The van der Waals surface area contributed by atoms with E-state index < -0.39 is 0 Å². The van der Waals surface area contributed by atoms with Gasteiger partial charge in [0.25, 0.3) is 5.56 Å². The molecule has 3 nitrogen and oxygen atoms in total. The van der Waals surface area contributed by atoms with E-state index in [4.69, 9.17) is 0 Å². The van der Waals surface area contributed by atoms with Gasteiger partial charge in [-0.3, -0.25) is 4.79 Å². The molecular formula is C11H7BrN2OS. The number of aromatic nitrogens is 2. The van der Waals surface area contributed by atoms with Gasteiger partial charge < -0.3 is 4.98 Å².